The highest BCUT2D eigenvalue weighted by Crippen LogP contribution is 2.12. The molecule has 0 unspecified atom stereocenters. The van der Waals surface area contributed by atoms with Crippen molar-refractivity contribution in [2.75, 3.05) is 0 Å². The fourth-order valence-electron chi connectivity index (χ4n) is 1.28. The lowest BCUT2D eigenvalue weighted by atomic mass is 10.1. The predicted octanol–water partition coefficient (Wildman–Crippen LogP) is 1.58. The minimum atomic E-state index is -1.11. The molecule has 0 atom stereocenters. The van der Waals surface area contributed by atoms with Gasteiger partial charge in [-0.3, -0.25) is 9.59 Å². The summed E-state index contributed by atoms with van der Waals surface area (Å²) in [6.07, 6.45) is -0.416. The first-order chi connectivity index (χ1) is 8.56. The van der Waals surface area contributed by atoms with Crippen LogP contribution >= 0.6 is 11.6 Å². The minimum Gasteiger partial charge on any atom is -0.481 e. The van der Waals surface area contributed by atoms with Gasteiger partial charge in [0.2, 0.25) is 17.5 Å². The zero-order chi connectivity index (χ0) is 13.1. The molecule has 0 saturated heterocycles. The van der Waals surface area contributed by atoms with Crippen molar-refractivity contribution in [3.63, 3.8) is 0 Å². The summed E-state index contributed by atoms with van der Waals surface area (Å²) in [7, 11) is 0. The van der Waals surface area contributed by atoms with Gasteiger partial charge >= 0.3 is 5.97 Å². The number of carboxylic acid groups (broad SMARTS) is 1. The van der Waals surface area contributed by atoms with Gasteiger partial charge in [0.15, 0.2) is 0 Å². The van der Waals surface area contributed by atoms with Crippen LogP contribution in [0, 0.1) is 0 Å². The van der Waals surface area contributed by atoms with Crippen molar-refractivity contribution in [3.05, 3.63) is 46.6 Å². The van der Waals surface area contributed by atoms with Gasteiger partial charge in [-0.05, 0) is 24.3 Å². The van der Waals surface area contributed by atoms with E-state index in [1.165, 1.54) is 12.1 Å². The molecule has 1 aromatic carbocycles. The highest BCUT2D eigenvalue weighted by atomic mass is 35.5. The molecule has 0 aliphatic carbocycles. The Kier molecular flexibility index (Phi) is 3.38. The molecular formula is C11H7ClN2O4. The van der Waals surface area contributed by atoms with Gasteiger partial charge in [0.1, 0.15) is 6.42 Å². The summed E-state index contributed by atoms with van der Waals surface area (Å²) in [6, 6.07) is 6.18. The molecular weight excluding hydrogens is 260 g/mol. The van der Waals surface area contributed by atoms with Gasteiger partial charge < -0.3 is 9.63 Å². The van der Waals surface area contributed by atoms with Crippen molar-refractivity contribution in [3.8, 4) is 0 Å². The molecule has 6 nitrogen and oxygen atoms in total. The lowest BCUT2D eigenvalue weighted by Gasteiger charge is -1.95. The summed E-state index contributed by atoms with van der Waals surface area (Å²) in [5.41, 5.74) is 0.349. The van der Waals surface area contributed by atoms with E-state index < -0.39 is 18.2 Å². The first-order valence-electron chi connectivity index (χ1n) is 4.91. The molecule has 1 aromatic heterocycles. The summed E-state index contributed by atoms with van der Waals surface area (Å²) < 4.78 is 4.65. The highest BCUT2D eigenvalue weighted by molar-refractivity contribution is 6.30. The van der Waals surface area contributed by atoms with Crippen LogP contribution in [0.1, 0.15) is 22.1 Å². The van der Waals surface area contributed by atoms with E-state index in [-0.39, 0.29) is 11.7 Å². The van der Waals surface area contributed by atoms with Crippen LogP contribution in [0.25, 0.3) is 0 Å². The molecule has 1 heterocycles. The van der Waals surface area contributed by atoms with Crippen LogP contribution in [0.15, 0.2) is 28.8 Å². The third-order valence-electron chi connectivity index (χ3n) is 2.08. The predicted molar refractivity (Wildman–Crippen MR) is 60.5 cm³/mol. The number of nitrogens with zero attached hydrogens (tertiary/aromatic N) is 2. The zero-order valence-electron chi connectivity index (χ0n) is 8.96. The van der Waals surface area contributed by atoms with Gasteiger partial charge in [0, 0.05) is 10.6 Å². The van der Waals surface area contributed by atoms with E-state index in [1.807, 2.05) is 0 Å². The number of hydrogen-bond acceptors (Lipinski definition) is 5. The molecule has 18 heavy (non-hydrogen) atoms. The monoisotopic (exact) mass is 266 g/mol. The second kappa shape index (κ2) is 4.97. The molecule has 0 spiro atoms. The number of carboxylic acids is 1. The van der Waals surface area contributed by atoms with Gasteiger partial charge in [-0.2, -0.15) is 4.98 Å². The van der Waals surface area contributed by atoms with Crippen molar-refractivity contribution in [2.24, 2.45) is 0 Å². The van der Waals surface area contributed by atoms with Gasteiger partial charge in [0.05, 0.1) is 0 Å². The summed E-state index contributed by atoms with van der Waals surface area (Å²) in [5.74, 6) is -1.84. The van der Waals surface area contributed by atoms with Crippen LogP contribution in [0.5, 0.6) is 0 Å². The van der Waals surface area contributed by atoms with Gasteiger partial charge in [-0.1, -0.05) is 16.8 Å². The van der Waals surface area contributed by atoms with Crippen molar-refractivity contribution >= 4 is 23.4 Å². The molecule has 92 valence electrons. The van der Waals surface area contributed by atoms with Crippen molar-refractivity contribution in [2.45, 2.75) is 6.42 Å². The normalized spacial score (nSPS) is 10.3. The van der Waals surface area contributed by atoms with Crippen LogP contribution < -0.4 is 0 Å². The standard InChI is InChI=1S/C11H7ClN2O4/c12-7-3-1-6(2-4-7)10(17)11-13-8(18-14-11)5-9(15)16/h1-4H,5H2,(H,15,16). The Hall–Kier alpha value is -2.21. The number of carbonyl (C=O) groups excluding carboxylic acids is 1. The Morgan fingerprint density at radius 3 is 2.56 bits per heavy atom. The fraction of sp³-hybridized carbons (Fsp3) is 0.0909. The molecule has 2 aromatic rings. The smallest absolute Gasteiger partial charge is 0.312 e. The number of aliphatic carboxylic acids is 1. The molecule has 1 N–H and O–H groups in total. The number of hydrogen-bond donors (Lipinski definition) is 1. The van der Waals surface area contributed by atoms with Crippen molar-refractivity contribution in [1.29, 1.82) is 0 Å². The highest BCUT2D eigenvalue weighted by Gasteiger charge is 2.17. The van der Waals surface area contributed by atoms with E-state index in [9.17, 15) is 9.59 Å². The van der Waals surface area contributed by atoms with Crippen LogP contribution in [0.3, 0.4) is 0 Å². The number of aromatic nitrogens is 2. The van der Waals surface area contributed by atoms with E-state index in [0.29, 0.717) is 10.6 Å². The van der Waals surface area contributed by atoms with Crippen molar-refractivity contribution in [1.82, 2.24) is 10.1 Å². The summed E-state index contributed by atoms with van der Waals surface area (Å²) in [6.45, 7) is 0. The van der Waals surface area contributed by atoms with Gasteiger partial charge in [-0.15, -0.1) is 0 Å². The number of carbonyl (C=O) groups is 2. The second-order valence-electron chi connectivity index (χ2n) is 3.42. The minimum absolute atomic E-state index is 0.111. The van der Waals surface area contributed by atoms with E-state index >= 15 is 0 Å². The van der Waals surface area contributed by atoms with Gasteiger partial charge in [-0.25, -0.2) is 0 Å². The van der Waals surface area contributed by atoms with Crippen LogP contribution in [-0.2, 0) is 11.2 Å². The van der Waals surface area contributed by atoms with E-state index in [2.05, 4.69) is 14.7 Å². The number of ketones is 1. The number of rotatable bonds is 4. The third kappa shape index (κ3) is 2.72. The Balaban J connectivity index is 2.21. The molecule has 0 aliphatic rings. The Morgan fingerprint density at radius 1 is 1.28 bits per heavy atom. The third-order valence-corrected chi connectivity index (χ3v) is 2.33. The topological polar surface area (TPSA) is 93.3 Å². The van der Waals surface area contributed by atoms with Crippen LogP contribution in [0.4, 0.5) is 0 Å². The molecule has 0 bridgehead atoms. The SMILES string of the molecule is O=C(O)Cc1nc(C(=O)c2ccc(Cl)cc2)no1. The Bertz CT molecular complexity index is 591. The maximum Gasteiger partial charge on any atom is 0.312 e. The molecule has 0 aliphatic heterocycles. The maximum atomic E-state index is 11.9. The fourth-order valence-corrected chi connectivity index (χ4v) is 1.40. The molecule has 0 amide bonds. The first-order valence-corrected chi connectivity index (χ1v) is 5.28. The molecule has 0 saturated carbocycles. The van der Waals surface area contributed by atoms with E-state index in [4.69, 9.17) is 16.7 Å². The van der Waals surface area contributed by atoms with Crippen LogP contribution in [0.2, 0.25) is 5.02 Å². The van der Waals surface area contributed by atoms with Crippen LogP contribution in [-0.4, -0.2) is 27.0 Å². The first kappa shape index (κ1) is 12.3. The lowest BCUT2D eigenvalue weighted by Crippen LogP contribution is -2.05. The van der Waals surface area contributed by atoms with E-state index in [0.717, 1.165) is 0 Å². The molecule has 7 heteroatoms. The second-order valence-corrected chi connectivity index (χ2v) is 3.85. The number of benzene rings is 1. The average Bonchev–Trinajstić information content (AvgIpc) is 2.76. The lowest BCUT2D eigenvalue weighted by molar-refractivity contribution is -0.136. The van der Waals surface area contributed by atoms with E-state index in [1.54, 1.807) is 12.1 Å². The van der Waals surface area contributed by atoms with Crippen molar-refractivity contribution < 1.29 is 19.2 Å². The largest absolute Gasteiger partial charge is 0.481 e. The summed E-state index contributed by atoms with van der Waals surface area (Å²) in [5, 5.41) is 12.5. The van der Waals surface area contributed by atoms with Gasteiger partial charge in [0.25, 0.3) is 0 Å². The zero-order valence-corrected chi connectivity index (χ0v) is 9.72. The average molecular weight is 267 g/mol. The number of halogens is 1. The Morgan fingerprint density at radius 2 is 1.94 bits per heavy atom. The Labute approximate surface area is 106 Å². The molecule has 0 radical (unpaired) electrons. The maximum absolute atomic E-state index is 11.9. The molecule has 2 rings (SSSR count). The summed E-state index contributed by atoms with van der Waals surface area (Å²) in [4.78, 5) is 26.0. The summed E-state index contributed by atoms with van der Waals surface area (Å²) >= 11 is 5.70. The molecule has 0 fully saturated rings. The quantitative estimate of drug-likeness (QED) is 0.845.